The van der Waals surface area contributed by atoms with Gasteiger partial charge in [-0.3, -0.25) is 4.99 Å². The molecule has 0 radical (unpaired) electrons. The molecule has 1 fully saturated rings. The van der Waals surface area contributed by atoms with Gasteiger partial charge in [-0.2, -0.15) is 0 Å². The van der Waals surface area contributed by atoms with Crippen molar-refractivity contribution in [1.82, 2.24) is 5.32 Å². The number of fused-ring (bicyclic) bond motifs is 1. The Hall–Kier alpha value is -1.67. The molecule has 150 valence electrons. The lowest BCUT2D eigenvalue weighted by Gasteiger charge is -2.39. The normalized spacial score (nSPS) is 18.4. The van der Waals surface area contributed by atoms with E-state index >= 15 is 0 Å². The number of para-hydroxylation sites is 1. The van der Waals surface area contributed by atoms with E-state index in [-0.39, 0.29) is 35.2 Å². The number of anilines is 1. The fourth-order valence-electron chi connectivity index (χ4n) is 4.25. The van der Waals surface area contributed by atoms with Gasteiger partial charge in [0, 0.05) is 44.5 Å². The van der Waals surface area contributed by atoms with Gasteiger partial charge in [-0.1, -0.05) is 30.3 Å². The fraction of sp³-hybridized carbons (Fsp3) is 0.409. The van der Waals surface area contributed by atoms with E-state index in [0.717, 1.165) is 37.3 Å². The Morgan fingerprint density at radius 3 is 2.71 bits per heavy atom. The molecule has 0 spiro atoms. The highest BCUT2D eigenvalue weighted by Crippen LogP contribution is 2.35. The first-order valence-corrected chi connectivity index (χ1v) is 9.62. The highest BCUT2D eigenvalue weighted by molar-refractivity contribution is 14.0. The van der Waals surface area contributed by atoms with Gasteiger partial charge in [-0.05, 0) is 48.6 Å². The van der Waals surface area contributed by atoms with Crippen molar-refractivity contribution in [2.75, 3.05) is 38.3 Å². The summed E-state index contributed by atoms with van der Waals surface area (Å²) in [5, 5.41) is 3.58. The van der Waals surface area contributed by atoms with Crippen LogP contribution in [0.5, 0.6) is 0 Å². The van der Waals surface area contributed by atoms with Crippen molar-refractivity contribution < 1.29 is 9.13 Å². The lowest BCUT2D eigenvalue weighted by molar-refractivity contribution is 0.0513. The largest absolute Gasteiger partial charge is 0.381 e. The second kappa shape index (κ2) is 9.22. The fourth-order valence-corrected chi connectivity index (χ4v) is 4.25. The standard InChI is InChI=1S/C22H26FN3O.HI/c1-24-21(26-12-9-17-5-2-3-8-20(17)26)25-16-22(10-13-27-14-11-22)18-6-4-7-19(23)15-18;/h2-8,15H,9-14,16H2,1H3,(H,24,25);1H. The highest BCUT2D eigenvalue weighted by atomic mass is 127. The third-order valence-corrected chi connectivity index (χ3v) is 5.83. The average Bonchev–Trinajstić information content (AvgIpc) is 3.13. The number of nitrogens with zero attached hydrogens (tertiary/aromatic N) is 2. The summed E-state index contributed by atoms with van der Waals surface area (Å²) in [5.74, 6) is 0.693. The van der Waals surface area contributed by atoms with Crippen LogP contribution >= 0.6 is 24.0 Å². The van der Waals surface area contributed by atoms with Crippen LogP contribution in [0.4, 0.5) is 10.1 Å². The van der Waals surface area contributed by atoms with Crippen molar-refractivity contribution in [3.05, 3.63) is 65.5 Å². The molecule has 0 unspecified atom stereocenters. The van der Waals surface area contributed by atoms with E-state index in [1.807, 2.05) is 13.1 Å². The quantitative estimate of drug-likeness (QED) is 0.396. The van der Waals surface area contributed by atoms with Crippen molar-refractivity contribution in [2.45, 2.75) is 24.7 Å². The Balaban J connectivity index is 0.00000225. The summed E-state index contributed by atoms with van der Waals surface area (Å²) in [6.07, 6.45) is 2.77. The minimum absolute atomic E-state index is 0. The van der Waals surface area contributed by atoms with Gasteiger partial charge in [0.1, 0.15) is 5.82 Å². The zero-order valence-corrected chi connectivity index (χ0v) is 18.5. The molecule has 4 nitrogen and oxygen atoms in total. The van der Waals surface area contributed by atoms with Crippen molar-refractivity contribution in [1.29, 1.82) is 0 Å². The SMILES string of the molecule is CN=C(NCC1(c2cccc(F)c2)CCOCC1)N1CCc2ccccc21.I. The maximum Gasteiger partial charge on any atom is 0.198 e. The predicted molar refractivity (Wildman–Crippen MR) is 122 cm³/mol. The first-order chi connectivity index (χ1) is 13.2. The summed E-state index contributed by atoms with van der Waals surface area (Å²) in [6.45, 7) is 3.03. The van der Waals surface area contributed by atoms with E-state index in [9.17, 15) is 4.39 Å². The Bertz CT molecular complexity index is 836. The van der Waals surface area contributed by atoms with Crippen LogP contribution in [0.25, 0.3) is 0 Å². The van der Waals surface area contributed by atoms with Crippen molar-refractivity contribution >= 4 is 35.6 Å². The van der Waals surface area contributed by atoms with Crippen molar-refractivity contribution in [3.63, 3.8) is 0 Å². The first-order valence-electron chi connectivity index (χ1n) is 9.62. The molecule has 1 N–H and O–H groups in total. The maximum absolute atomic E-state index is 13.9. The molecule has 28 heavy (non-hydrogen) atoms. The minimum atomic E-state index is -0.184. The first kappa shape index (κ1) is 21.0. The van der Waals surface area contributed by atoms with Gasteiger partial charge in [-0.25, -0.2) is 4.39 Å². The zero-order chi connectivity index (χ0) is 18.7. The number of aliphatic imine (C=N–C) groups is 1. The number of nitrogens with one attached hydrogen (secondary N) is 1. The Morgan fingerprint density at radius 1 is 1.18 bits per heavy atom. The topological polar surface area (TPSA) is 36.9 Å². The second-order valence-electron chi connectivity index (χ2n) is 7.33. The number of hydrogen-bond acceptors (Lipinski definition) is 2. The van der Waals surface area contributed by atoms with Crippen LogP contribution in [0.2, 0.25) is 0 Å². The summed E-state index contributed by atoms with van der Waals surface area (Å²) in [4.78, 5) is 6.77. The van der Waals surface area contributed by atoms with E-state index in [0.29, 0.717) is 19.8 Å². The van der Waals surface area contributed by atoms with E-state index in [2.05, 4.69) is 39.5 Å². The number of ether oxygens (including phenoxy) is 1. The van der Waals surface area contributed by atoms with Crippen LogP contribution in [0.15, 0.2) is 53.5 Å². The lowest BCUT2D eigenvalue weighted by atomic mass is 9.74. The van der Waals surface area contributed by atoms with E-state index in [1.54, 1.807) is 12.1 Å². The minimum Gasteiger partial charge on any atom is -0.381 e. The third kappa shape index (κ3) is 4.17. The molecule has 0 atom stereocenters. The molecule has 0 amide bonds. The highest BCUT2D eigenvalue weighted by Gasteiger charge is 2.35. The van der Waals surface area contributed by atoms with E-state index in [1.165, 1.54) is 17.3 Å². The van der Waals surface area contributed by atoms with E-state index < -0.39 is 0 Å². The summed E-state index contributed by atoms with van der Waals surface area (Å²) in [5.41, 5.74) is 3.47. The number of hydrogen-bond donors (Lipinski definition) is 1. The smallest absolute Gasteiger partial charge is 0.198 e. The molecule has 2 aliphatic heterocycles. The van der Waals surface area contributed by atoms with Crippen LogP contribution < -0.4 is 10.2 Å². The van der Waals surface area contributed by atoms with Crippen molar-refractivity contribution in [2.24, 2.45) is 4.99 Å². The molecule has 1 saturated heterocycles. The zero-order valence-electron chi connectivity index (χ0n) is 16.2. The molecule has 4 rings (SSSR count). The van der Waals surface area contributed by atoms with E-state index in [4.69, 9.17) is 4.74 Å². The molecule has 2 aromatic carbocycles. The summed E-state index contributed by atoms with van der Waals surface area (Å²) in [6, 6.07) is 15.5. The molecule has 2 aromatic rings. The monoisotopic (exact) mass is 495 g/mol. The number of benzene rings is 2. The molecular formula is C22H27FIN3O. The number of rotatable bonds is 3. The lowest BCUT2D eigenvalue weighted by Crippen LogP contribution is -2.49. The third-order valence-electron chi connectivity index (χ3n) is 5.83. The van der Waals surface area contributed by atoms with Crippen LogP contribution in [-0.4, -0.2) is 39.3 Å². The molecule has 0 bridgehead atoms. The predicted octanol–water partition coefficient (Wildman–Crippen LogP) is 4.13. The van der Waals surface area contributed by atoms with Gasteiger partial charge in [-0.15, -0.1) is 24.0 Å². The molecule has 6 heteroatoms. The van der Waals surface area contributed by atoms with Gasteiger partial charge < -0.3 is 15.0 Å². The molecule has 2 heterocycles. The second-order valence-corrected chi connectivity index (χ2v) is 7.33. The summed E-state index contributed by atoms with van der Waals surface area (Å²) < 4.78 is 19.5. The Labute approximate surface area is 183 Å². The van der Waals surface area contributed by atoms with Gasteiger partial charge in [0.15, 0.2) is 5.96 Å². The van der Waals surface area contributed by atoms with Gasteiger partial charge in [0.25, 0.3) is 0 Å². The van der Waals surface area contributed by atoms with Crippen LogP contribution in [0.1, 0.15) is 24.0 Å². The molecular weight excluding hydrogens is 468 g/mol. The molecule has 0 saturated carbocycles. The maximum atomic E-state index is 13.9. The molecule has 0 aromatic heterocycles. The van der Waals surface area contributed by atoms with Gasteiger partial charge in [0.05, 0.1) is 0 Å². The van der Waals surface area contributed by atoms with Crippen LogP contribution in [0.3, 0.4) is 0 Å². The van der Waals surface area contributed by atoms with Gasteiger partial charge >= 0.3 is 0 Å². The molecule has 2 aliphatic rings. The average molecular weight is 495 g/mol. The van der Waals surface area contributed by atoms with Crippen LogP contribution in [0, 0.1) is 5.82 Å². The number of halogens is 2. The van der Waals surface area contributed by atoms with Gasteiger partial charge in [0.2, 0.25) is 0 Å². The molecule has 0 aliphatic carbocycles. The van der Waals surface area contributed by atoms with Crippen molar-refractivity contribution in [3.8, 4) is 0 Å². The number of guanidine groups is 1. The Kier molecular flexibility index (Phi) is 6.93. The Morgan fingerprint density at radius 2 is 1.96 bits per heavy atom. The summed E-state index contributed by atoms with van der Waals surface area (Å²) >= 11 is 0. The summed E-state index contributed by atoms with van der Waals surface area (Å²) in [7, 11) is 1.82. The van der Waals surface area contributed by atoms with Crippen LogP contribution in [-0.2, 0) is 16.6 Å².